The van der Waals surface area contributed by atoms with E-state index in [-0.39, 0.29) is 5.91 Å². The van der Waals surface area contributed by atoms with E-state index in [1.165, 1.54) is 12.5 Å². The van der Waals surface area contributed by atoms with Crippen LogP contribution >= 0.6 is 0 Å². The predicted molar refractivity (Wildman–Crippen MR) is 89.1 cm³/mol. The summed E-state index contributed by atoms with van der Waals surface area (Å²) in [5.74, 6) is 3.61. The van der Waals surface area contributed by atoms with Crippen molar-refractivity contribution < 1.29 is 13.9 Å². The molecular weight excluding hydrogens is 290 g/mol. The van der Waals surface area contributed by atoms with Crippen molar-refractivity contribution in [2.45, 2.75) is 25.8 Å². The smallest absolute Gasteiger partial charge is 0.244 e. The van der Waals surface area contributed by atoms with E-state index in [0.29, 0.717) is 24.1 Å². The molecule has 1 aromatic heterocycles. The zero-order valence-corrected chi connectivity index (χ0v) is 13.4. The van der Waals surface area contributed by atoms with Gasteiger partial charge in [-0.15, -0.1) is 0 Å². The third-order valence-electron chi connectivity index (χ3n) is 4.17. The molecule has 4 heteroatoms. The van der Waals surface area contributed by atoms with Gasteiger partial charge >= 0.3 is 0 Å². The van der Waals surface area contributed by atoms with Crippen molar-refractivity contribution in [1.29, 1.82) is 0 Å². The molecule has 0 saturated heterocycles. The van der Waals surface area contributed by atoms with Gasteiger partial charge in [-0.05, 0) is 36.6 Å². The van der Waals surface area contributed by atoms with E-state index >= 15 is 0 Å². The Morgan fingerprint density at radius 3 is 2.87 bits per heavy atom. The van der Waals surface area contributed by atoms with E-state index in [9.17, 15) is 4.79 Å². The Morgan fingerprint density at radius 2 is 2.13 bits per heavy atom. The van der Waals surface area contributed by atoms with Gasteiger partial charge in [0.2, 0.25) is 5.91 Å². The molecule has 120 valence electrons. The van der Waals surface area contributed by atoms with Crippen LogP contribution in [0.25, 0.3) is 6.08 Å². The number of hydrogen-bond donors (Lipinski definition) is 1. The van der Waals surface area contributed by atoms with Crippen molar-refractivity contribution in [3.8, 4) is 5.75 Å². The lowest BCUT2D eigenvalue weighted by atomic mass is 10.2. The molecule has 1 saturated carbocycles. The molecule has 0 unspecified atom stereocenters. The van der Waals surface area contributed by atoms with Crippen LogP contribution in [0.4, 0.5) is 0 Å². The average Bonchev–Trinajstić information content (AvgIpc) is 3.11. The van der Waals surface area contributed by atoms with Crippen molar-refractivity contribution >= 4 is 12.0 Å². The molecule has 2 atom stereocenters. The second kappa shape index (κ2) is 6.73. The largest absolute Gasteiger partial charge is 0.496 e. The fourth-order valence-electron chi connectivity index (χ4n) is 2.62. The van der Waals surface area contributed by atoms with Crippen LogP contribution in [-0.2, 0) is 11.3 Å². The Balaban J connectivity index is 1.53. The standard InChI is InChI=1S/C19H21NO3/c1-13-11-16(13)18-9-7-15(23-18)8-10-19(21)20-12-14-5-3-4-6-17(14)22-2/h3-10,13,16H,11-12H2,1-2H3,(H,20,21)/b10-8+/t13-,16+/m1/s1. The van der Waals surface area contributed by atoms with Crippen LogP contribution in [0.15, 0.2) is 46.9 Å². The molecule has 1 aliphatic carbocycles. The summed E-state index contributed by atoms with van der Waals surface area (Å²) >= 11 is 0. The third kappa shape index (κ3) is 3.83. The van der Waals surface area contributed by atoms with Gasteiger partial charge in [0.05, 0.1) is 7.11 Å². The van der Waals surface area contributed by atoms with Crippen molar-refractivity contribution in [2.75, 3.05) is 7.11 Å². The number of hydrogen-bond acceptors (Lipinski definition) is 3. The first kappa shape index (κ1) is 15.4. The number of para-hydroxylation sites is 1. The van der Waals surface area contributed by atoms with E-state index in [1.54, 1.807) is 13.2 Å². The number of carbonyl (C=O) groups excluding carboxylic acids is 1. The van der Waals surface area contributed by atoms with Gasteiger partial charge in [-0.25, -0.2) is 0 Å². The number of furan rings is 1. The summed E-state index contributed by atoms with van der Waals surface area (Å²) in [6.45, 7) is 2.64. The fourth-order valence-corrected chi connectivity index (χ4v) is 2.62. The van der Waals surface area contributed by atoms with Gasteiger partial charge in [-0.2, -0.15) is 0 Å². The lowest BCUT2D eigenvalue weighted by Crippen LogP contribution is -2.20. The van der Waals surface area contributed by atoms with Crippen molar-refractivity contribution in [2.24, 2.45) is 5.92 Å². The number of nitrogens with one attached hydrogen (secondary N) is 1. The molecule has 1 fully saturated rings. The topological polar surface area (TPSA) is 51.5 Å². The van der Waals surface area contributed by atoms with Gasteiger partial charge in [0.15, 0.2) is 0 Å². The van der Waals surface area contributed by atoms with Crippen LogP contribution in [0, 0.1) is 5.92 Å². The first-order chi connectivity index (χ1) is 11.2. The molecule has 0 aliphatic heterocycles. The number of methoxy groups -OCH3 is 1. The SMILES string of the molecule is COc1ccccc1CNC(=O)/C=C/c1ccc([C@H]2C[C@H]2C)o1. The van der Waals surface area contributed by atoms with Crippen molar-refractivity contribution in [1.82, 2.24) is 5.32 Å². The van der Waals surface area contributed by atoms with Gasteiger partial charge < -0.3 is 14.5 Å². The van der Waals surface area contributed by atoms with Gasteiger partial charge in [-0.1, -0.05) is 25.1 Å². The monoisotopic (exact) mass is 311 g/mol. The zero-order chi connectivity index (χ0) is 16.2. The highest BCUT2D eigenvalue weighted by Crippen LogP contribution is 2.47. The maximum Gasteiger partial charge on any atom is 0.244 e. The van der Waals surface area contributed by atoms with Gasteiger partial charge in [0.1, 0.15) is 17.3 Å². The Labute approximate surface area is 136 Å². The lowest BCUT2D eigenvalue weighted by Gasteiger charge is -2.08. The Hall–Kier alpha value is -2.49. The minimum atomic E-state index is -0.159. The van der Waals surface area contributed by atoms with Crippen LogP contribution in [0.1, 0.15) is 36.3 Å². The van der Waals surface area contributed by atoms with Crippen molar-refractivity contribution in [3.63, 3.8) is 0 Å². The number of rotatable bonds is 6. The molecule has 3 rings (SSSR count). The molecule has 2 aromatic rings. The molecule has 0 bridgehead atoms. The summed E-state index contributed by atoms with van der Waals surface area (Å²) in [4.78, 5) is 11.9. The summed E-state index contributed by atoms with van der Waals surface area (Å²) in [7, 11) is 1.62. The molecular formula is C19H21NO3. The molecule has 4 nitrogen and oxygen atoms in total. The summed E-state index contributed by atoms with van der Waals surface area (Å²) in [6, 6.07) is 11.5. The average molecular weight is 311 g/mol. The van der Waals surface area contributed by atoms with Gasteiger partial charge in [-0.3, -0.25) is 4.79 Å². The predicted octanol–water partition coefficient (Wildman–Crippen LogP) is 3.74. The number of ether oxygens (including phenoxy) is 1. The van der Waals surface area contributed by atoms with E-state index in [4.69, 9.17) is 9.15 Å². The van der Waals surface area contributed by atoms with Crippen LogP contribution < -0.4 is 10.1 Å². The second-order valence-corrected chi connectivity index (χ2v) is 5.92. The zero-order valence-electron chi connectivity index (χ0n) is 13.4. The van der Waals surface area contributed by atoms with E-state index < -0.39 is 0 Å². The lowest BCUT2D eigenvalue weighted by molar-refractivity contribution is -0.116. The second-order valence-electron chi connectivity index (χ2n) is 5.92. The number of carbonyl (C=O) groups is 1. The Kier molecular flexibility index (Phi) is 4.51. The minimum absolute atomic E-state index is 0.159. The molecule has 1 aliphatic rings. The fraction of sp³-hybridized carbons (Fsp3) is 0.316. The minimum Gasteiger partial charge on any atom is -0.496 e. The van der Waals surface area contributed by atoms with Crippen LogP contribution in [0.5, 0.6) is 5.75 Å². The summed E-state index contributed by atoms with van der Waals surface area (Å²) in [5, 5.41) is 2.85. The highest BCUT2D eigenvalue weighted by atomic mass is 16.5. The number of amides is 1. The van der Waals surface area contributed by atoms with E-state index in [0.717, 1.165) is 17.1 Å². The number of benzene rings is 1. The molecule has 0 spiro atoms. The highest BCUT2D eigenvalue weighted by molar-refractivity contribution is 5.91. The quantitative estimate of drug-likeness (QED) is 0.827. The normalized spacial score (nSPS) is 19.7. The van der Waals surface area contributed by atoms with E-state index in [2.05, 4.69) is 12.2 Å². The van der Waals surface area contributed by atoms with Gasteiger partial charge in [0.25, 0.3) is 0 Å². The van der Waals surface area contributed by atoms with Crippen LogP contribution in [-0.4, -0.2) is 13.0 Å². The van der Waals surface area contributed by atoms with Crippen LogP contribution in [0.3, 0.4) is 0 Å². The first-order valence-corrected chi connectivity index (χ1v) is 7.85. The summed E-state index contributed by atoms with van der Waals surface area (Å²) < 4.78 is 11.0. The van der Waals surface area contributed by atoms with Crippen LogP contribution in [0.2, 0.25) is 0 Å². The summed E-state index contributed by atoms with van der Waals surface area (Å²) in [5.41, 5.74) is 0.944. The molecule has 1 aromatic carbocycles. The molecule has 0 radical (unpaired) electrons. The van der Waals surface area contributed by atoms with Crippen molar-refractivity contribution in [3.05, 3.63) is 59.6 Å². The Bertz CT molecular complexity index is 717. The Morgan fingerprint density at radius 1 is 1.35 bits per heavy atom. The summed E-state index contributed by atoms with van der Waals surface area (Å²) in [6.07, 6.45) is 4.39. The molecule has 1 amide bonds. The third-order valence-corrected chi connectivity index (χ3v) is 4.17. The molecule has 1 N–H and O–H groups in total. The van der Waals surface area contributed by atoms with E-state index in [1.807, 2.05) is 36.4 Å². The van der Waals surface area contributed by atoms with Gasteiger partial charge in [0, 0.05) is 24.1 Å². The maximum absolute atomic E-state index is 11.9. The molecule has 23 heavy (non-hydrogen) atoms. The first-order valence-electron chi connectivity index (χ1n) is 7.85. The molecule has 1 heterocycles. The highest BCUT2D eigenvalue weighted by Gasteiger charge is 2.36. The maximum atomic E-state index is 11.9.